The van der Waals surface area contributed by atoms with Crippen LogP contribution in [0.4, 0.5) is 0 Å². The van der Waals surface area contributed by atoms with Crippen molar-refractivity contribution in [2.75, 3.05) is 0 Å². The van der Waals surface area contributed by atoms with Crippen LogP contribution in [-0.4, -0.2) is 11.9 Å². The fourth-order valence-electron chi connectivity index (χ4n) is 2.27. The predicted molar refractivity (Wildman–Crippen MR) is 89.0 cm³/mol. The van der Waals surface area contributed by atoms with Crippen LogP contribution in [0, 0.1) is 0 Å². The Hall–Kier alpha value is -1.61. The van der Waals surface area contributed by atoms with Gasteiger partial charge in [0.1, 0.15) is 0 Å². The molecule has 0 aromatic heterocycles. The second-order valence-corrected chi connectivity index (χ2v) is 5.39. The fraction of sp³-hybridized carbons (Fsp3) is 0.500. The summed E-state index contributed by atoms with van der Waals surface area (Å²) in [6.07, 6.45) is 10.1. The third-order valence-electron chi connectivity index (χ3n) is 3.53. The number of hydrogen-bond acceptors (Lipinski definition) is 2. The van der Waals surface area contributed by atoms with E-state index in [1.165, 1.54) is 32.1 Å². The highest BCUT2D eigenvalue weighted by molar-refractivity contribution is 5.93. The Bertz CT molecular complexity index is 403. The predicted octanol–water partition coefficient (Wildman–Crippen LogP) is 4.23. The van der Waals surface area contributed by atoms with Gasteiger partial charge in [0.15, 0.2) is 0 Å². The first-order valence-corrected chi connectivity index (χ1v) is 7.99. The van der Waals surface area contributed by atoms with E-state index in [4.69, 9.17) is 0 Å². The average Bonchev–Trinajstić information content (AvgIpc) is 2.52. The number of unbranched alkanes of at least 4 members (excludes halogenated alkanes) is 4. The van der Waals surface area contributed by atoms with E-state index in [0.717, 1.165) is 12.8 Å². The van der Waals surface area contributed by atoms with Gasteiger partial charge in [-0.05, 0) is 25.0 Å². The number of hydrogen-bond donors (Lipinski definition) is 2. The van der Waals surface area contributed by atoms with Gasteiger partial charge in [0.25, 0.3) is 5.91 Å². The topological polar surface area (TPSA) is 41.1 Å². The number of nitrogens with one attached hydrogen (secondary N) is 2. The molecule has 0 aliphatic carbocycles. The van der Waals surface area contributed by atoms with Gasteiger partial charge in [-0.3, -0.25) is 10.2 Å². The summed E-state index contributed by atoms with van der Waals surface area (Å²) < 4.78 is 0. The third kappa shape index (κ3) is 7.66. The highest BCUT2D eigenvalue weighted by Crippen LogP contribution is 2.09. The molecule has 0 bridgehead atoms. The van der Waals surface area contributed by atoms with Crippen LogP contribution in [0.2, 0.25) is 0 Å². The van der Waals surface area contributed by atoms with Crippen LogP contribution < -0.4 is 10.9 Å². The zero-order valence-corrected chi connectivity index (χ0v) is 13.1. The molecule has 0 unspecified atom stereocenters. The summed E-state index contributed by atoms with van der Waals surface area (Å²) in [6.45, 7) is 6.01. The average molecular weight is 288 g/mol. The Labute approximate surface area is 128 Å². The SMILES string of the molecule is C=CC[C@H](CCCCCCC)NNC(=O)c1ccccc1. The van der Waals surface area contributed by atoms with Gasteiger partial charge in [0, 0.05) is 11.6 Å². The second kappa shape index (κ2) is 11.1. The van der Waals surface area contributed by atoms with E-state index in [1.807, 2.05) is 36.4 Å². The Kier molecular flexibility index (Phi) is 9.21. The summed E-state index contributed by atoms with van der Waals surface area (Å²) in [7, 11) is 0. The maximum absolute atomic E-state index is 12.0. The molecule has 21 heavy (non-hydrogen) atoms. The van der Waals surface area contributed by atoms with Gasteiger partial charge < -0.3 is 0 Å². The zero-order chi connectivity index (χ0) is 15.3. The highest BCUT2D eigenvalue weighted by atomic mass is 16.2. The smallest absolute Gasteiger partial charge is 0.265 e. The molecule has 3 nitrogen and oxygen atoms in total. The van der Waals surface area contributed by atoms with Crippen molar-refractivity contribution in [2.24, 2.45) is 0 Å². The number of carbonyl (C=O) groups excluding carboxylic acids is 1. The van der Waals surface area contributed by atoms with Crippen molar-refractivity contribution in [3.8, 4) is 0 Å². The molecule has 116 valence electrons. The maximum Gasteiger partial charge on any atom is 0.265 e. The van der Waals surface area contributed by atoms with Crippen molar-refractivity contribution in [2.45, 2.75) is 57.9 Å². The Morgan fingerprint density at radius 3 is 2.57 bits per heavy atom. The maximum atomic E-state index is 12.0. The molecule has 0 aliphatic heterocycles. The first kappa shape index (κ1) is 17.4. The van der Waals surface area contributed by atoms with E-state index in [9.17, 15) is 4.79 Å². The lowest BCUT2D eigenvalue weighted by atomic mass is 10.0. The summed E-state index contributed by atoms with van der Waals surface area (Å²) in [5.41, 5.74) is 6.61. The van der Waals surface area contributed by atoms with Gasteiger partial charge in [-0.25, -0.2) is 5.43 Å². The molecule has 1 amide bonds. The molecule has 0 saturated carbocycles. The van der Waals surface area contributed by atoms with Gasteiger partial charge >= 0.3 is 0 Å². The lowest BCUT2D eigenvalue weighted by Crippen LogP contribution is -2.44. The van der Waals surface area contributed by atoms with E-state index in [1.54, 1.807) is 0 Å². The third-order valence-corrected chi connectivity index (χ3v) is 3.53. The monoisotopic (exact) mass is 288 g/mol. The summed E-state index contributed by atoms with van der Waals surface area (Å²) in [5.74, 6) is -0.0874. The molecular weight excluding hydrogens is 260 g/mol. The molecule has 3 heteroatoms. The Morgan fingerprint density at radius 2 is 1.90 bits per heavy atom. The van der Waals surface area contributed by atoms with Gasteiger partial charge in [0.2, 0.25) is 0 Å². The number of hydrazine groups is 1. The molecule has 1 aromatic rings. The molecule has 2 N–H and O–H groups in total. The van der Waals surface area contributed by atoms with Gasteiger partial charge in [-0.15, -0.1) is 6.58 Å². The van der Waals surface area contributed by atoms with Crippen LogP contribution in [0.15, 0.2) is 43.0 Å². The lowest BCUT2D eigenvalue weighted by molar-refractivity contribution is 0.0923. The molecule has 0 aliphatic rings. The first-order valence-electron chi connectivity index (χ1n) is 7.99. The Balaban J connectivity index is 2.30. The Morgan fingerprint density at radius 1 is 1.19 bits per heavy atom. The van der Waals surface area contributed by atoms with E-state index < -0.39 is 0 Å². The van der Waals surface area contributed by atoms with Crippen molar-refractivity contribution in [1.82, 2.24) is 10.9 Å². The van der Waals surface area contributed by atoms with E-state index in [2.05, 4.69) is 24.4 Å². The normalized spacial score (nSPS) is 11.9. The van der Waals surface area contributed by atoms with Crippen LogP contribution in [-0.2, 0) is 0 Å². The second-order valence-electron chi connectivity index (χ2n) is 5.39. The van der Waals surface area contributed by atoms with Crippen molar-refractivity contribution in [3.63, 3.8) is 0 Å². The first-order chi connectivity index (χ1) is 10.3. The van der Waals surface area contributed by atoms with Crippen LogP contribution in [0.5, 0.6) is 0 Å². The molecule has 1 atom stereocenters. The number of amides is 1. The molecule has 1 aromatic carbocycles. The minimum Gasteiger partial charge on any atom is -0.287 e. The van der Waals surface area contributed by atoms with Gasteiger partial charge in [-0.2, -0.15) is 0 Å². The summed E-state index contributed by atoms with van der Waals surface area (Å²) in [6, 6.07) is 9.51. The molecule has 0 saturated heterocycles. The van der Waals surface area contributed by atoms with Gasteiger partial charge in [-0.1, -0.05) is 63.3 Å². The van der Waals surface area contributed by atoms with Crippen LogP contribution in [0.3, 0.4) is 0 Å². The standard InChI is InChI=1S/C18H28N2O/c1-3-5-6-7-11-15-17(12-4-2)19-20-18(21)16-13-9-8-10-14-16/h4,8-10,13-14,17,19H,2-3,5-7,11-12,15H2,1H3,(H,20,21)/t17-/m1/s1. The summed E-state index contributed by atoms with van der Waals surface area (Å²) in [5, 5.41) is 0. The van der Waals surface area contributed by atoms with E-state index in [0.29, 0.717) is 5.56 Å². The largest absolute Gasteiger partial charge is 0.287 e. The quantitative estimate of drug-likeness (QED) is 0.363. The molecular formula is C18H28N2O. The zero-order valence-electron chi connectivity index (χ0n) is 13.1. The number of benzene rings is 1. The number of carbonyl (C=O) groups is 1. The van der Waals surface area contributed by atoms with Crippen LogP contribution in [0.25, 0.3) is 0 Å². The summed E-state index contributed by atoms with van der Waals surface area (Å²) >= 11 is 0. The fourth-order valence-corrected chi connectivity index (χ4v) is 2.27. The van der Waals surface area contributed by atoms with Crippen molar-refractivity contribution >= 4 is 5.91 Å². The minimum absolute atomic E-state index is 0.0874. The molecule has 1 rings (SSSR count). The molecule has 0 heterocycles. The van der Waals surface area contributed by atoms with E-state index >= 15 is 0 Å². The summed E-state index contributed by atoms with van der Waals surface area (Å²) in [4.78, 5) is 12.0. The lowest BCUT2D eigenvalue weighted by Gasteiger charge is -2.18. The molecule has 0 fully saturated rings. The van der Waals surface area contributed by atoms with Crippen molar-refractivity contribution in [1.29, 1.82) is 0 Å². The van der Waals surface area contributed by atoms with Gasteiger partial charge in [0.05, 0.1) is 0 Å². The van der Waals surface area contributed by atoms with Crippen LogP contribution in [0.1, 0.15) is 62.2 Å². The van der Waals surface area contributed by atoms with Crippen molar-refractivity contribution < 1.29 is 4.79 Å². The molecule has 0 spiro atoms. The molecule has 0 radical (unpaired) electrons. The van der Waals surface area contributed by atoms with E-state index in [-0.39, 0.29) is 11.9 Å². The minimum atomic E-state index is -0.0874. The van der Waals surface area contributed by atoms with Crippen molar-refractivity contribution in [3.05, 3.63) is 48.6 Å². The highest BCUT2D eigenvalue weighted by Gasteiger charge is 2.09. The number of rotatable bonds is 11. The van der Waals surface area contributed by atoms with Crippen LogP contribution >= 0.6 is 0 Å².